The summed E-state index contributed by atoms with van der Waals surface area (Å²) in [7, 11) is 1.23. The molecule has 0 aliphatic rings. The van der Waals surface area contributed by atoms with Gasteiger partial charge in [-0.05, 0) is 41.8 Å². The third kappa shape index (κ3) is 8.71. The highest BCUT2D eigenvalue weighted by atomic mass is 16.6. The number of esters is 3. The summed E-state index contributed by atoms with van der Waals surface area (Å²) >= 11 is 0. The molecule has 0 saturated carbocycles. The third-order valence-electron chi connectivity index (χ3n) is 4.47. The number of carbonyl (C=O) groups excluding carboxylic acids is 4. The average molecular weight is 459 g/mol. The number of nitrogens with one attached hydrogen (secondary N) is 1. The maximum atomic E-state index is 12.4. The molecule has 2 aromatic rings. The van der Waals surface area contributed by atoms with Gasteiger partial charge in [0.2, 0.25) is 5.91 Å². The SMILES string of the molecule is COC(=O)C(Cc1ccc(OC(=O)CO)cc1)NC(=O)CCc1ccc(OC(=O)CO)cc1. The second kappa shape index (κ2) is 12.9. The van der Waals surface area contributed by atoms with E-state index in [0.717, 1.165) is 5.56 Å². The van der Waals surface area contributed by atoms with Crippen LogP contribution < -0.4 is 14.8 Å². The van der Waals surface area contributed by atoms with Crippen molar-refractivity contribution < 1.29 is 43.6 Å². The Morgan fingerprint density at radius 2 is 1.30 bits per heavy atom. The first-order valence-corrected chi connectivity index (χ1v) is 10.0. The highest BCUT2D eigenvalue weighted by Gasteiger charge is 2.22. The fourth-order valence-electron chi connectivity index (χ4n) is 2.84. The lowest BCUT2D eigenvalue weighted by molar-refractivity contribution is -0.145. The lowest BCUT2D eigenvalue weighted by atomic mass is 10.0. The third-order valence-corrected chi connectivity index (χ3v) is 4.47. The summed E-state index contributed by atoms with van der Waals surface area (Å²) in [5.74, 6) is -1.98. The number of rotatable bonds is 11. The Kier molecular flexibility index (Phi) is 10.00. The van der Waals surface area contributed by atoms with Gasteiger partial charge in [-0.15, -0.1) is 0 Å². The van der Waals surface area contributed by atoms with Crippen molar-refractivity contribution in [1.82, 2.24) is 5.32 Å². The Hall–Kier alpha value is -3.76. The van der Waals surface area contributed by atoms with E-state index in [2.05, 4.69) is 5.32 Å². The van der Waals surface area contributed by atoms with Crippen molar-refractivity contribution in [2.75, 3.05) is 20.3 Å². The van der Waals surface area contributed by atoms with Gasteiger partial charge in [0, 0.05) is 12.8 Å². The van der Waals surface area contributed by atoms with Gasteiger partial charge in [0.1, 0.15) is 30.8 Å². The molecular weight excluding hydrogens is 434 g/mol. The molecule has 3 N–H and O–H groups in total. The first-order chi connectivity index (χ1) is 15.8. The zero-order chi connectivity index (χ0) is 24.2. The second-order valence-corrected chi connectivity index (χ2v) is 6.90. The Morgan fingerprint density at radius 3 is 1.76 bits per heavy atom. The number of benzene rings is 2. The number of carbonyl (C=O) groups is 4. The minimum absolute atomic E-state index is 0.110. The van der Waals surface area contributed by atoms with Gasteiger partial charge >= 0.3 is 17.9 Å². The van der Waals surface area contributed by atoms with E-state index in [1.807, 2.05) is 0 Å². The van der Waals surface area contributed by atoms with Crippen molar-refractivity contribution in [3.63, 3.8) is 0 Å². The topological polar surface area (TPSA) is 148 Å². The van der Waals surface area contributed by atoms with Crippen molar-refractivity contribution in [1.29, 1.82) is 0 Å². The fourth-order valence-corrected chi connectivity index (χ4v) is 2.84. The van der Waals surface area contributed by atoms with Crippen LogP contribution in [0.15, 0.2) is 48.5 Å². The van der Waals surface area contributed by atoms with Gasteiger partial charge < -0.3 is 29.7 Å². The summed E-state index contributed by atoms with van der Waals surface area (Å²) in [5.41, 5.74) is 1.51. The monoisotopic (exact) mass is 459 g/mol. The fraction of sp³-hybridized carbons (Fsp3) is 0.304. The normalized spacial score (nSPS) is 11.2. The van der Waals surface area contributed by atoms with Gasteiger partial charge in [-0.3, -0.25) is 4.79 Å². The van der Waals surface area contributed by atoms with E-state index in [1.54, 1.807) is 36.4 Å². The van der Waals surface area contributed by atoms with Gasteiger partial charge in [-0.2, -0.15) is 0 Å². The first-order valence-electron chi connectivity index (χ1n) is 10.0. The number of methoxy groups -OCH3 is 1. The maximum absolute atomic E-state index is 12.4. The van der Waals surface area contributed by atoms with Crippen LogP contribution in [0.1, 0.15) is 17.5 Å². The Bertz CT molecular complexity index is 955. The Balaban J connectivity index is 1.91. The summed E-state index contributed by atoms with van der Waals surface area (Å²) < 4.78 is 14.5. The Morgan fingerprint density at radius 1 is 0.818 bits per heavy atom. The Labute approximate surface area is 190 Å². The van der Waals surface area contributed by atoms with Crippen LogP contribution in [0.25, 0.3) is 0 Å². The quantitative estimate of drug-likeness (QED) is 0.319. The number of hydrogen-bond acceptors (Lipinski definition) is 9. The number of hydrogen-bond donors (Lipinski definition) is 3. The lowest BCUT2D eigenvalue weighted by Crippen LogP contribution is -2.43. The number of aryl methyl sites for hydroxylation is 1. The predicted molar refractivity (Wildman–Crippen MR) is 114 cm³/mol. The van der Waals surface area contributed by atoms with Crippen molar-refractivity contribution in [2.24, 2.45) is 0 Å². The van der Waals surface area contributed by atoms with E-state index in [1.165, 1.54) is 19.2 Å². The van der Waals surface area contributed by atoms with Gasteiger partial charge in [-0.25, -0.2) is 14.4 Å². The lowest BCUT2D eigenvalue weighted by Gasteiger charge is -2.17. The molecule has 33 heavy (non-hydrogen) atoms. The number of aliphatic hydroxyl groups is 2. The van der Waals surface area contributed by atoms with Crippen LogP contribution >= 0.6 is 0 Å². The van der Waals surface area contributed by atoms with Crippen molar-refractivity contribution in [3.05, 3.63) is 59.7 Å². The van der Waals surface area contributed by atoms with Crippen molar-refractivity contribution >= 4 is 23.8 Å². The molecule has 176 valence electrons. The average Bonchev–Trinajstić information content (AvgIpc) is 2.83. The van der Waals surface area contributed by atoms with Crippen LogP contribution in [0.3, 0.4) is 0 Å². The molecule has 0 fully saturated rings. The van der Waals surface area contributed by atoms with E-state index in [-0.39, 0.29) is 30.2 Å². The highest BCUT2D eigenvalue weighted by Crippen LogP contribution is 2.15. The second-order valence-electron chi connectivity index (χ2n) is 6.90. The van der Waals surface area contributed by atoms with Crippen LogP contribution in [0, 0.1) is 0 Å². The smallest absolute Gasteiger partial charge is 0.337 e. The highest BCUT2D eigenvalue weighted by molar-refractivity contribution is 5.84. The molecule has 0 aliphatic heterocycles. The molecule has 10 heteroatoms. The zero-order valence-corrected chi connectivity index (χ0v) is 18.0. The molecule has 0 radical (unpaired) electrons. The summed E-state index contributed by atoms with van der Waals surface area (Å²) in [6.07, 6.45) is 0.662. The van der Waals surface area contributed by atoms with E-state index in [9.17, 15) is 19.2 Å². The van der Waals surface area contributed by atoms with Crippen LogP contribution in [0.4, 0.5) is 0 Å². The van der Waals surface area contributed by atoms with Gasteiger partial charge in [-0.1, -0.05) is 24.3 Å². The molecule has 0 bridgehead atoms. The number of amides is 1. The number of aliphatic hydroxyl groups excluding tert-OH is 2. The molecule has 10 nitrogen and oxygen atoms in total. The van der Waals surface area contributed by atoms with Crippen LogP contribution in [-0.2, 0) is 36.8 Å². The molecule has 2 rings (SSSR count). The maximum Gasteiger partial charge on any atom is 0.337 e. The minimum atomic E-state index is -0.909. The molecule has 0 aromatic heterocycles. The predicted octanol–water partition coefficient (Wildman–Crippen LogP) is 0.315. The van der Waals surface area contributed by atoms with Gasteiger partial charge in [0.15, 0.2) is 0 Å². The summed E-state index contributed by atoms with van der Waals surface area (Å²) in [6, 6.07) is 11.9. The minimum Gasteiger partial charge on any atom is -0.467 e. The summed E-state index contributed by atoms with van der Waals surface area (Å²) in [6.45, 7) is -1.45. The molecule has 1 unspecified atom stereocenters. The van der Waals surface area contributed by atoms with Crippen LogP contribution in [-0.4, -0.2) is 60.4 Å². The van der Waals surface area contributed by atoms with Crippen molar-refractivity contribution in [2.45, 2.75) is 25.3 Å². The molecule has 2 aromatic carbocycles. The molecule has 0 spiro atoms. The van der Waals surface area contributed by atoms with Crippen LogP contribution in [0.2, 0.25) is 0 Å². The molecule has 1 atom stereocenters. The van der Waals surface area contributed by atoms with E-state index in [0.29, 0.717) is 12.0 Å². The summed E-state index contributed by atoms with van der Waals surface area (Å²) in [4.78, 5) is 46.7. The first kappa shape index (κ1) is 25.5. The molecular formula is C23H25NO9. The van der Waals surface area contributed by atoms with E-state index < -0.39 is 37.2 Å². The van der Waals surface area contributed by atoms with E-state index in [4.69, 9.17) is 24.4 Å². The van der Waals surface area contributed by atoms with Gasteiger partial charge in [0.25, 0.3) is 0 Å². The van der Waals surface area contributed by atoms with Crippen molar-refractivity contribution in [3.8, 4) is 11.5 Å². The summed E-state index contributed by atoms with van der Waals surface area (Å²) in [5, 5.41) is 20.1. The molecule has 0 aliphatic carbocycles. The standard InChI is InChI=1S/C23H25NO9/c1-31-23(30)19(12-16-4-9-18(10-5-16)33-22(29)14-26)24-20(27)11-6-15-2-7-17(8-3-15)32-21(28)13-25/h2-5,7-10,19,25-26H,6,11-14H2,1H3,(H,24,27). The zero-order valence-electron chi connectivity index (χ0n) is 18.0. The van der Waals surface area contributed by atoms with Gasteiger partial charge in [0.05, 0.1) is 7.11 Å². The van der Waals surface area contributed by atoms with E-state index >= 15 is 0 Å². The largest absolute Gasteiger partial charge is 0.467 e. The van der Waals surface area contributed by atoms with Crippen LogP contribution in [0.5, 0.6) is 11.5 Å². The molecule has 0 heterocycles. The molecule has 0 saturated heterocycles. The number of ether oxygens (including phenoxy) is 3. The molecule has 1 amide bonds.